The predicted molar refractivity (Wildman–Crippen MR) is 247 cm³/mol. The summed E-state index contributed by atoms with van der Waals surface area (Å²) in [5.41, 5.74) is 0. The van der Waals surface area contributed by atoms with Crippen molar-refractivity contribution in [1.82, 2.24) is 0 Å². The first-order chi connectivity index (χ1) is 29.2. The van der Waals surface area contributed by atoms with Crippen molar-refractivity contribution in [2.45, 2.75) is 225 Å². The molecule has 0 aliphatic rings. The van der Waals surface area contributed by atoms with Crippen molar-refractivity contribution in [2.75, 3.05) is 26.4 Å². The summed E-state index contributed by atoms with van der Waals surface area (Å²) in [6.45, 7) is 2.35. The molecule has 0 bridgehead atoms. The molecule has 11 heteroatoms. The molecule has 0 radical (unpaired) electrons. The van der Waals surface area contributed by atoms with Crippen LogP contribution >= 0.6 is 7.82 Å². The van der Waals surface area contributed by atoms with Gasteiger partial charge in [0, 0.05) is 12.8 Å². The summed E-state index contributed by atoms with van der Waals surface area (Å²) in [6.07, 6.45) is 49.3. The summed E-state index contributed by atoms with van der Waals surface area (Å²) in [5, 5.41) is 18.4. The van der Waals surface area contributed by atoms with E-state index >= 15 is 0 Å². The van der Waals surface area contributed by atoms with Gasteiger partial charge in [-0.05, 0) is 77.0 Å². The van der Waals surface area contributed by atoms with Gasteiger partial charge >= 0.3 is 19.8 Å². The van der Waals surface area contributed by atoms with Crippen LogP contribution in [-0.4, -0.2) is 65.7 Å². The van der Waals surface area contributed by atoms with Crippen molar-refractivity contribution < 1.29 is 47.8 Å². The third-order valence-electron chi connectivity index (χ3n) is 10.2. The second-order valence-electron chi connectivity index (χ2n) is 16.1. The van der Waals surface area contributed by atoms with E-state index in [1.807, 2.05) is 0 Å². The van der Waals surface area contributed by atoms with Gasteiger partial charge in [-0.3, -0.25) is 18.6 Å². The molecule has 60 heavy (non-hydrogen) atoms. The fraction of sp³-hybridized carbons (Fsp3) is 0.796. The van der Waals surface area contributed by atoms with Gasteiger partial charge in [0.05, 0.1) is 19.8 Å². The summed E-state index contributed by atoms with van der Waals surface area (Å²) >= 11 is 0. The van der Waals surface area contributed by atoms with Gasteiger partial charge in [-0.2, -0.15) is 0 Å². The van der Waals surface area contributed by atoms with E-state index in [2.05, 4.69) is 62.5 Å². The van der Waals surface area contributed by atoms with Crippen LogP contribution in [-0.2, 0) is 32.7 Å². The van der Waals surface area contributed by atoms with Crippen LogP contribution in [0.1, 0.15) is 213 Å². The number of unbranched alkanes of at least 4 members (excludes halogenated alkanes) is 23. The van der Waals surface area contributed by atoms with Crippen molar-refractivity contribution in [3.63, 3.8) is 0 Å². The Labute approximate surface area is 366 Å². The minimum atomic E-state index is -4.63. The topological polar surface area (TPSA) is 149 Å². The number of rotatable bonds is 45. The molecule has 0 saturated carbocycles. The van der Waals surface area contributed by atoms with Gasteiger partial charge in [0.2, 0.25) is 0 Å². The van der Waals surface area contributed by atoms with Gasteiger partial charge in [0.1, 0.15) is 12.7 Å². The van der Waals surface area contributed by atoms with Crippen LogP contribution < -0.4 is 0 Å². The number of aliphatic hydroxyl groups excluding tert-OH is 2. The van der Waals surface area contributed by atoms with E-state index in [4.69, 9.17) is 23.6 Å². The SMILES string of the molecule is CCCCCC/C=C\C/C=C\CCCCCCCC(=O)OCC(COP(=O)(O)OCC(O)CO)OC(=O)CCCCCCCCCCC/C=C\C/C=C\CCCCCCC. The molecule has 0 aromatic rings. The van der Waals surface area contributed by atoms with Crippen LogP contribution in [0.2, 0.25) is 0 Å². The molecule has 0 aromatic carbocycles. The number of phosphoric ester groups is 1. The molecule has 0 aromatic heterocycles. The summed E-state index contributed by atoms with van der Waals surface area (Å²) < 4.78 is 32.8. The largest absolute Gasteiger partial charge is 0.472 e. The molecule has 350 valence electrons. The van der Waals surface area contributed by atoms with Crippen LogP contribution in [0.15, 0.2) is 48.6 Å². The minimum Gasteiger partial charge on any atom is -0.462 e. The average Bonchev–Trinajstić information content (AvgIpc) is 3.24. The van der Waals surface area contributed by atoms with E-state index in [1.54, 1.807) is 0 Å². The lowest BCUT2D eigenvalue weighted by atomic mass is 10.1. The zero-order valence-corrected chi connectivity index (χ0v) is 39.1. The summed E-state index contributed by atoms with van der Waals surface area (Å²) in [4.78, 5) is 35.1. The number of ether oxygens (including phenoxy) is 2. The Morgan fingerprint density at radius 3 is 1.30 bits per heavy atom. The van der Waals surface area contributed by atoms with Crippen LogP contribution in [0.5, 0.6) is 0 Å². The van der Waals surface area contributed by atoms with Crippen molar-refractivity contribution in [3.8, 4) is 0 Å². The van der Waals surface area contributed by atoms with Gasteiger partial charge in [-0.1, -0.05) is 172 Å². The summed E-state index contributed by atoms with van der Waals surface area (Å²) in [7, 11) is -4.63. The number of phosphoric acid groups is 1. The first-order valence-electron chi connectivity index (χ1n) is 24.1. The van der Waals surface area contributed by atoms with Crippen molar-refractivity contribution in [3.05, 3.63) is 48.6 Å². The van der Waals surface area contributed by atoms with E-state index in [0.717, 1.165) is 70.6 Å². The Hall–Kier alpha value is -2.07. The van der Waals surface area contributed by atoms with Crippen LogP contribution in [0, 0.1) is 0 Å². The number of carbonyl (C=O) groups excluding carboxylic acids is 2. The molecule has 10 nitrogen and oxygen atoms in total. The fourth-order valence-electron chi connectivity index (χ4n) is 6.47. The molecule has 0 heterocycles. The number of aliphatic hydroxyl groups is 2. The van der Waals surface area contributed by atoms with Gasteiger partial charge in [-0.25, -0.2) is 4.57 Å². The first kappa shape index (κ1) is 57.9. The molecule has 0 aliphatic carbocycles. The highest BCUT2D eigenvalue weighted by Crippen LogP contribution is 2.43. The standard InChI is InChI=1S/C49H89O10P/c1-3-5-7-9-11-13-15-17-19-21-22-23-24-25-27-29-31-33-35-37-39-41-49(53)59-47(45-58-60(54,55)57-43-46(51)42-50)44-56-48(52)40-38-36-34-32-30-28-26-20-18-16-14-12-10-8-6-4-2/h14-17,20-22,26,46-47,50-51H,3-13,18-19,23-25,27-45H2,1-2H3,(H,54,55)/b16-14-,17-15-,22-21-,26-20-. The molecule has 0 amide bonds. The Balaban J connectivity index is 4.25. The smallest absolute Gasteiger partial charge is 0.462 e. The Morgan fingerprint density at radius 2 is 0.867 bits per heavy atom. The number of carbonyl (C=O) groups is 2. The fourth-order valence-corrected chi connectivity index (χ4v) is 7.26. The molecule has 0 spiro atoms. The second kappa shape index (κ2) is 45.0. The normalized spacial score (nSPS) is 14.2. The zero-order chi connectivity index (χ0) is 44.0. The number of hydrogen-bond donors (Lipinski definition) is 3. The maximum Gasteiger partial charge on any atom is 0.472 e. The van der Waals surface area contributed by atoms with E-state index in [9.17, 15) is 24.2 Å². The molecule has 0 rings (SSSR count). The number of allylic oxidation sites excluding steroid dienone is 8. The lowest BCUT2D eigenvalue weighted by Crippen LogP contribution is -2.29. The Kier molecular flexibility index (Phi) is 43.4. The highest BCUT2D eigenvalue weighted by Gasteiger charge is 2.27. The highest BCUT2D eigenvalue weighted by atomic mass is 31.2. The van der Waals surface area contributed by atoms with Crippen LogP contribution in [0.25, 0.3) is 0 Å². The zero-order valence-electron chi connectivity index (χ0n) is 38.2. The van der Waals surface area contributed by atoms with E-state index in [1.165, 1.54) is 103 Å². The lowest BCUT2D eigenvalue weighted by Gasteiger charge is -2.20. The summed E-state index contributed by atoms with van der Waals surface area (Å²) in [6, 6.07) is 0. The molecular weight excluding hydrogens is 780 g/mol. The molecule has 3 atom stereocenters. The van der Waals surface area contributed by atoms with Crippen molar-refractivity contribution in [1.29, 1.82) is 0 Å². The van der Waals surface area contributed by atoms with Crippen LogP contribution in [0.4, 0.5) is 0 Å². The number of esters is 2. The molecule has 0 saturated heterocycles. The first-order valence-corrected chi connectivity index (χ1v) is 25.6. The van der Waals surface area contributed by atoms with E-state index in [-0.39, 0.29) is 19.4 Å². The quantitative estimate of drug-likeness (QED) is 0.0234. The van der Waals surface area contributed by atoms with Gasteiger partial charge in [0.25, 0.3) is 0 Å². The molecule has 3 unspecified atom stereocenters. The average molecular weight is 869 g/mol. The Morgan fingerprint density at radius 1 is 0.500 bits per heavy atom. The lowest BCUT2D eigenvalue weighted by molar-refractivity contribution is -0.161. The minimum absolute atomic E-state index is 0.175. The van der Waals surface area contributed by atoms with Gasteiger partial charge in [0.15, 0.2) is 6.10 Å². The van der Waals surface area contributed by atoms with Crippen LogP contribution in [0.3, 0.4) is 0 Å². The molecule has 3 N–H and O–H groups in total. The third-order valence-corrected chi connectivity index (χ3v) is 11.2. The van der Waals surface area contributed by atoms with E-state index in [0.29, 0.717) is 12.8 Å². The van der Waals surface area contributed by atoms with E-state index < -0.39 is 51.8 Å². The number of hydrogen-bond acceptors (Lipinski definition) is 9. The molecule has 0 fully saturated rings. The maximum absolute atomic E-state index is 12.7. The molecular formula is C49H89O10P. The molecule has 0 aliphatic heterocycles. The van der Waals surface area contributed by atoms with Gasteiger partial charge in [-0.15, -0.1) is 0 Å². The van der Waals surface area contributed by atoms with Crippen molar-refractivity contribution >= 4 is 19.8 Å². The monoisotopic (exact) mass is 869 g/mol. The Bertz CT molecular complexity index is 1140. The summed E-state index contributed by atoms with van der Waals surface area (Å²) in [5.74, 6) is -0.943. The predicted octanol–water partition coefficient (Wildman–Crippen LogP) is 13.3. The van der Waals surface area contributed by atoms with Crippen molar-refractivity contribution in [2.24, 2.45) is 0 Å². The maximum atomic E-state index is 12.7. The third kappa shape index (κ3) is 44.0. The van der Waals surface area contributed by atoms with Gasteiger partial charge < -0.3 is 24.6 Å². The highest BCUT2D eigenvalue weighted by molar-refractivity contribution is 7.47. The second-order valence-corrected chi connectivity index (χ2v) is 17.6.